The van der Waals surface area contributed by atoms with E-state index < -0.39 is 28.5 Å². The van der Waals surface area contributed by atoms with Gasteiger partial charge >= 0.3 is 0 Å². The standard InChI is InChI=1S/C17H28O4.Nb/c1-5-9-13(18)17(14(19)10-6-2,15(20)11-7-3)16(21)12-8-4;/h5-12H2,1-4H3;. The second kappa shape index (κ2) is 11.9. The number of Topliss-reactive ketones (excluding diaryl/α,β-unsaturated/α-hetero) is 4. The molecular weight excluding hydrogens is 361 g/mol. The first-order chi connectivity index (χ1) is 9.93. The first-order valence-corrected chi connectivity index (χ1v) is 8.06. The van der Waals surface area contributed by atoms with Crippen LogP contribution in [0.1, 0.15) is 79.1 Å². The van der Waals surface area contributed by atoms with Gasteiger partial charge in [0.05, 0.1) is 0 Å². The van der Waals surface area contributed by atoms with Crippen molar-refractivity contribution >= 4 is 23.1 Å². The molecule has 0 atom stereocenters. The number of hydrogen-bond acceptors (Lipinski definition) is 4. The maximum atomic E-state index is 12.6. The summed E-state index contributed by atoms with van der Waals surface area (Å²) < 4.78 is 0. The van der Waals surface area contributed by atoms with Crippen LogP contribution in [0.4, 0.5) is 0 Å². The van der Waals surface area contributed by atoms with Crippen molar-refractivity contribution in [2.45, 2.75) is 79.1 Å². The Morgan fingerprint density at radius 1 is 0.545 bits per heavy atom. The van der Waals surface area contributed by atoms with E-state index in [-0.39, 0.29) is 48.1 Å². The summed E-state index contributed by atoms with van der Waals surface area (Å²) in [5.74, 6) is -2.00. The fraction of sp³-hybridized carbons (Fsp3) is 0.765. The number of hydrogen-bond donors (Lipinski definition) is 0. The fourth-order valence-corrected chi connectivity index (χ4v) is 2.59. The van der Waals surface area contributed by atoms with Crippen molar-refractivity contribution in [3.8, 4) is 0 Å². The van der Waals surface area contributed by atoms with Crippen LogP contribution in [0.2, 0.25) is 0 Å². The molecule has 0 aromatic rings. The third kappa shape index (κ3) is 5.25. The number of rotatable bonds is 12. The van der Waals surface area contributed by atoms with Gasteiger partial charge in [0.15, 0.2) is 23.1 Å². The molecule has 125 valence electrons. The van der Waals surface area contributed by atoms with Gasteiger partial charge in [-0.3, -0.25) is 19.2 Å². The van der Waals surface area contributed by atoms with Crippen molar-refractivity contribution in [1.82, 2.24) is 0 Å². The molecule has 5 heteroatoms. The van der Waals surface area contributed by atoms with E-state index >= 15 is 0 Å². The summed E-state index contributed by atoms with van der Waals surface area (Å²) in [5, 5.41) is 0. The molecule has 4 nitrogen and oxygen atoms in total. The van der Waals surface area contributed by atoms with E-state index in [1.54, 1.807) is 0 Å². The van der Waals surface area contributed by atoms with Crippen LogP contribution in [0.3, 0.4) is 0 Å². The Labute approximate surface area is 149 Å². The molecular formula is C17H28NbO4. The normalized spacial score (nSPS) is 10.7. The van der Waals surface area contributed by atoms with Crippen molar-refractivity contribution in [3.05, 3.63) is 0 Å². The van der Waals surface area contributed by atoms with Gasteiger partial charge in [0.2, 0.25) is 5.41 Å². The zero-order valence-electron chi connectivity index (χ0n) is 14.2. The number of carbonyl (C=O) groups is 4. The molecule has 0 saturated heterocycles. The summed E-state index contributed by atoms with van der Waals surface area (Å²) in [5.41, 5.74) is -2.02. The summed E-state index contributed by atoms with van der Waals surface area (Å²) in [7, 11) is 0. The molecule has 0 aromatic heterocycles. The Morgan fingerprint density at radius 2 is 0.727 bits per heavy atom. The molecule has 0 fully saturated rings. The van der Waals surface area contributed by atoms with Crippen molar-refractivity contribution < 1.29 is 41.6 Å². The summed E-state index contributed by atoms with van der Waals surface area (Å²) >= 11 is 0. The molecule has 1 radical (unpaired) electrons. The van der Waals surface area contributed by atoms with E-state index in [0.717, 1.165) is 0 Å². The van der Waals surface area contributed by atoms with Crippen molar-refractivity contribution in [1.29, 1.82) is 0 Å². The second-order valence-electron chi connectivity index (χ2n) is 5.44. The van der Waals surface area contributed by atoms with Gasteiger partial charge in [-0.05, 0) is 25.7 Å². The molecule has 0 rings (SSSR count). The molecule has 22 heavy (non-hydrogen) atoms. The van der Waals surface area contributed by atoms with Crippen LogP contribution in [0, 0.1) is 5.41 Å². The van der Waals surface area contributed by atoms with Gasteiger partial charge in [0.1, 0.15) is 0 Å². The molecule has 0 aromatic carbocycles. The first kappa shape index (κ1) is 23.7. The molecule has 0 spiro atoms. The molecule has 0 aliphatic heterocycles. The molecule has 0 N–H and O–H groups in total. The molecule has 0 bridgehead atoms. The zero-order valence-corrected chi connectivity index (χ0v) is 16.4. The summed E-state index contributed by atoms with van der Waals surface area (Å²) in [4.78, 5) is 50.2. The Balaban J connectivity index is 0. The summed E-state index contributed by atoms with van der Waals surface area (Å²) in [6, 6.07) is 0. The zero-order chi connectivity index (χ0) is 16.5. The van der Waals surface area contributed by atoms with Gasteiger partial charge in [0, 0.05) is 48.1 Å². The van der Waals surface area contributed by atoms with Crippen LogP contribution in [-0.4, -0.2) is 23.1 Å². The van der Waals surface area contributed by atoms with Gasteiger partial charge in [-0.25, -0.2) is 0 Å². The monoisotopic (exact) mass is 389 g/mol. The topological polar surface area (TPSA) is 68.3 Å². The SMILES string of the molecule is CCCC(=O)C(C(=O)CCC)(C(=O)CCC)C(=O)CCC.[Nb]. The predicted molar refractivity (Wildman–Crippen MR) is 82.1 cm³/mol. The van der Waals surface area contributed by atoms with Crippen molar-refractivity contribution in [3.63, 3.8) is 0 Å². The second-order valence-corrected chi connectivity index (χ2v) is 5.44. The largest absolute Gasteiger partial charge is 0.298 e. The maximum Gasteiger partial charge on any atom is 0.203 e. The molecule has 0 unspecified atom stereocenters. The van der Waals surface area contributed by atoms with Crippen LogP contribution in [-0.2, 0) is 41.6 Å². The summed E-state index contributed by atoms with van der Waals surface area (Å²) in [6.45, 7) is 7.23. The van der Waals surface area contributed by atoms with Gasteiger partial charge in [-0.2, -0.15) is 0 Å². The van der Waals surface area contributed by atoms with Gasteiger partial charge in [0.25, 0.3) is 0 Å². The molecule has 0 heterocycles. The minimum Gasteiger partial charge on any atom is -0.298 e. The fourth-order valence-electron chi connectivity index (χ4n) is 2.59. The van der Waals surface area contributed by atoms with Crippen LogP contribution in [0.25, 0.3) is 0 Å². The Hall–Kier alpha value is -0.580. The Kier molecular flexibility index (Phi) is 12.8. The smallest absolute Gasteiger partial charge is 0.203 e. The average Bonchev–Trinajstić information content (AvgIpc) is 2.40. The van der Waals surface area contributed by atoms with E-state index in [0.29, 0.717) is 25.7 Å². The van der Waals surface area contributed by atoms with Crippen molar-refractivity contribution in [2.24, 2.45) is 5.41 Å². The van der Waals surface area contributed by atoms with Crippen LogP contribution < -0.4 is 0 Å². The summed E-state index contributed by atoms with van der Waals surface area (Å²) in [6.07, 6.45) is 2.50. The number of ketones is 4. The van der Waals surface area contributed by atoms with Gasteiger partial charge in [-0.1, -0.05) is 27.7 Å². The van der Waals surface area contributed by atoms with Gasteiger partial charge in [-0.15, -0.1) is 0 Å². The third-order valence-electron chi connectivity index (χ3n) is 3.58. The average molecular weight is 389 g/mol. The Bertz CT molecular complexity index is 324. The molecule has 0 amide bonds. The Morgan fingerprint density at radius 3 is 0.864 bits per heavy atom. The van der Waals surface area contributed by atoms with E-state index in [9.17, 15) is 19.2 Å². The van der Waals surface area contributed by atoms with Gasteiger partial charge < -0.3 is 0 Å². The van der Waals surface area contributed by atoms with E-state index in [1.807, 2.05) is 27.7 Å². The van der Waals surface area contributed by atoms with Crippen LogP contribution >= 0.6 is 0 Å². The van der Waals surface area contributed by atoms with E-state index in [2.05, 4.69) is 0 Å². The first-order valence-electron chi connectivity index (χ1n) is 8.06. The van der Waals surface area contributed by atoms with Crippen LogP contribution in [0.5, 0.6) is 0 Å². The molecule has 0 aliphatic rings. The maximum absolute atomic E-state index is 12.6. The quantitative estimate of drug-likeness (QED) is 0.379. The van der Waals surface area contributed by atoms with Crippen molar-refractivity contribution in [2.75, 3.05) is 0 Å². The number of carbonyl (C=O) groups excluding carboxylic acids is 4. The minimum atomic E-state index is -2.02. The molecule has 0 aliphatic carbocycles. The van der Waals surface area contributed by atoms with E-state index in [4.69, 9.17) is 0 Å². The van der Waals surface area contributed by atoms with E-state index in [1.165, 1.54) is 0 Å². The predicted octanol–water partition coefficient (Wildman–Crippen LogP) is 3.45. The third-order valence-corrected chi connectivity index (χ3v) is 3.58. The molecule has 0 saturated carbocycles. The van der Waals surface area contributed by atoms with Crippen LogP contribution in [0.15, 0.2) is 0 Å². The minimum absolute atomic E-state index is 0.